The van der Waals surface area contributed by atoms with Crippen molar-refractivity contribution < 1.29 is 14.7 Å². The zero-order valence-electron chi connectivity index (χ0n) is 11.2. The lowest BCUT2D eigenvalue weighted by Gasteiger charge is -2.11. The monoisotopic (exact) mass is 277 g/mol. The van der Waals surface area contributed by atoms with Crippen molar-refractivity contribution in [3.8, 4) is 0 Å². The van der Waals surface area contributed by atoms with E-state index < -0.39 is 0 Å². The highest BCUT2D eigenvalue weighted by molar-refractivity contribution is 5.97. The molecule has 0 unspecified atom stereocenters. The van der Waals surface area contributed by atoms with Crippen molar-refractivity contribution in [3.05, 3.63) is 29.8 Å². The van der Waals surface area contributed by atoms with E-state index in [1.165, 1.54) is 0 Å². The van der Waals surface area contributed by atoms with Gasteiger partial charge in [0.25, 0.3) is 5.91 Å². The Morgan fingerprint density at radius 3 is 2.65 bits per heavy atom. The van der Waals surface area contributed by atoms with Gasteiger partial charge in [-0.1, -0.05) is 0 Å². The van der Waals surface area contributed by atoms with Crippen molar-refractivity contribution in [3.63, 3.8) is 0 Å². The SMILES string of the molecule is O=C(NCCO)c1ccc(NC(=O)[C@@H]2CCCN2)cc1. The highest BCUT2D eigenvalue weighted by atomic mass is 16.3. The molecular formula is C14H19N3O3. The topological polar surface area (TPSA) is 90.5 Å². The maximum absolute atomic E-state index is 11.9. The van der Waals surface area contributed by atoms with Crippen LogP contribution in [0, 0.1) is 0 Å². The standard InChI is InChI=1S/C14H19N3O3/c18-9-8-16-13(19)10-3-5-11(6-4-10)17-14(20)12-2-1-7-15-12/h3-6,12,15,18H,1-2,7-9H2,(H,16,19)(H,17,20)/t12-/m0/s1. The molecule has 20 heavy (non-hydrogen) atoms. The molecule has 2 amide bonds. The van der Waals surface area contributed by atoms with E-state index in [1.807, 2.05) is 0 Å². The molecule has 0 spiro atoms. The van der Waals surface area contributed by atoms with Gasteiger partial charge in [0.1, 0.15) is 0 Å². The maximum atomic E-state index is 11.9. The molecule has 1 fully saturated rings. The first-order valence-electron chi connectivity index (χ1n) is 6.74. The van der Waals surface area contributed by atoms with E-state index >= 15 is 0 Å². The Labute approximate surface area is 117 Å². The molecule has 1 aliphatic rings. The van der Waals surface area contributed by atoms with E-state index in [2.05, 4.69) is 16.0 Å². The van der Waals surface area contributed by atoms with Gasteiger partial charge >= 0.3 is 0 Å². The van der Waals surface area contributed by atoms with Crippen LogP contribution < -0.4 is 16.0 Å². The predicted octanol–water partition coefficient (Wildman–Crippen LogP) is 0.0992. The van der Waals surface area contributed by atoms with Crippen LogP contribution >= 0.6 is 0 Å². The first-order valence-corrected chi connectivity index (χ1v) is 6.74. The molecule has 0 radical (unpaired) electrons. The lowest BCUT2D eigenvalue weighted by Crippen LogP contribution is -2.35. The first kappa shape index (κ1) is 14.5. The van der Waals surface area contributed by atoms with Gasteiger partial charge in [-0.2, -0.15) is 0 Å². The summed E-state index contributed by atoms with van der Waals surface area (Å²) in [5.74, 6) is -0.283. The van der Waals surface area contributed by atoms with E-state index in [4.69, 9.17) is 5.11 Å². The average Bonchev–Trinajstić information content (AvgIpc) is 3.00. The third-order valence-electron chi connectivity index (χ3n) is 3.19. The van der Waals surface area contributed by atoms with Crippen LogP contribution in [0.5, 0.6) is 0 Å². The fourth-order valence-corrected chi connectivity index (χ4v) is 2.11. The quantitative estimate of drug-likeness (QED) is 0.614. The second kappa shape index (κ2) is 7.02. The van der Waals surface area contributed by atoms with Gasteiger partial charge in [-0.3, -0.25) is 9.59 Å². The zero-order chi connectivity index (χ0) is 14.4. The smallest absolute Gasteiger partial charge is 0.251 e. The molecule has 4 N–H and O–H groups in total. The summed E-state index contributed by atoms with van der Waals surface area (Å²) in [6.45, 7) is 1.01. The summed E-state index contributed by atoms with van der Waals surface area (Å²) < 4.78 is 0. The van der Waals surface area contributed by atoms with Gasteiger partial charge in [0.15, 0.2) is 0 Å². The summed E-state index contributed by atoms with van der Waals surface area (Å²) >= 11 is 0. The van der Waals surface area contributed by atoms with Crippen molar-refractivity contribution in [2.45, 2.75) is 18.9 Å². The highest BCUT2D eigenvalue weighted by Crippen LogP contribution is 2.12. The Balaban J connectivity index is 1.90. The van der Waals surface area contributed by atoms with E-state index in [1.54, 1.807) is 24.3 Å². The second-order valence-corrected chi connectivity index (χ2v) is 4.70. The summed E-state index contributed by atoms with van der Waals surface area (Å²) in [5, 5.41) is 17.2. The number of rotatable bonds is 5. The molecule has 1 aliphatic heterocycles. The van der Waals surface area contributed by atoms with Crippen LogP contribution in [-0.2, 0) is 4.79 Å². The molecule has 1 aromatic carbocycles. The minimum absolute atomic E-state index is 0.0417. The molecule has 2 rings (SSSR count). The van der Waals surface area contributed by atoms with Crippen molar-refractivity contribution in [1.82, 2.24) is 10.6 Å². The normalized spacial score (nSPS) is 17.8. The number of benzene rings is 1. The predicted molar refractivity (Wildman–Crippen MR) is 75.5 cm³/mol. The summed E-state index contributed by atoms with van der Waals surface area (Å²) in [6.07, 6.45) is 1.87. The second-order valence-electron chi connectivity index (χ2n) is 4.70. The van der Waals surface area contributed by atoms with Gasteiger partial charge in [-0.25, -0.2) is 0 Å². The molecule has 0 aromatic heterocycles. The van der Waals surface area contributed by atoms with Crippen LogP contribution in [-0.4, -0.2) is 42.7 Å². The van der Waals surface area contributed by atoms with E-state index in [0.717, 1.165) is 19.4 Å². The molecule has 1 atom stereocenters. The van der Waals surface area contributed by atoms with Crippen molar-refractivity contribution in [1.29, 1.82) is 0 Å². The zero-order valence-corrected chi connectivity index (χ0v) is 11.2. The Bertz CT molecular complexity index is 467. The van der Waals surface area contributed by atoms with Crippen molar-refractivity contribution in [2.24, 2.45) is 0 Å². The number of hydrogen-bond acceptors (Lipinski definition) is 4. The van der Waals surface area contributed by atoms with E-state index in [9.17, 15) is 9.59 Å². The van der Waals surface area contributed by atoms with Crippen LogP contribution in [0.3, 0.4) is 0 Å². The lowest BCUT2D eigenvalue weighted by atomic mass is 10.1. The van der Waals surface area contributed by atoms with E-state index in [0.29, 0.717) is 11.3 Å². The number of anilines is 1. The number of carbonyl (C=O) groups is 2. The van der Waals surface area contributed by atoms with Gasteiger partial charge in [0.2, 0.25) is 5.91 Å². The van der Waals surface area contributed by atoms with Gasteiger partial charge in [0.05, 0.1) is 12.6 Å². The molecule has 6 heteroatoms. The first-order chi connectivity index (χ1) is 9.70. The minimum atomic E-state index is -0.241. The summed E-state index contributed by atoms with van der Waals surface area (Å²) in [7, 11) is 0. The van der Waals surface area contributed by atoms with Crippen LogP contribution in [0.2, 0.25) is 0 Å². The van der Waals surface area contributed by atoms with Gasteiger partial charge in [-0.15, -0.1) is 0 Å². The largest absolute Gasteiger partial charge is 0.395 e. The van der Waals surface area contributed by atoms with Crippen LogP contribution in [0.1, 0.15) is 23.2 Å². The highest BCUT2D eigenvalue weighted by Gasteiger charge is 2.21. The molecule has 1 heterocycles. The third kappa shape index (κ3) is 3.79. The molecule has 1 aromatic rings. The van der Waals surface area contributed by atoms with Crippen molar-refractivity contribution >= 4 is 17.5 Å². The van der Waals surface area contributed by atoms with E-state index in [-0.39, 0.29) is 31.0 Å². The molecule has 0 bridgehead atoms. The van der Waals surface area contributed by atoms with Crippen LogP contribution in [0.25, 0.3) is 0 Å². The Kier molecular flexibility index (Phi) is 5.09. The molecule has 6 nitrogen and oxygen atoms in total. The number of hydrogen-bond donors (Lipinski definition) is 4. The Hall–Kier alpha value is -1.92. The van der Waals surface area contributed by atoms with Gasteiger partial charge in [-0.05, 0) is 43.7 Å². The lowest BCUT2D eigenvalue weighted by molar-refractivity contribution is -0.117. The number of carbonyl (C=O) groups excluding carboxylic acids is 2. The number of aliphatic hydroxyl groups excluding tert-OH is 1. The number of nitrogens with one attached hydrogen (secondary N) is 3. The fraction of sp³-hybridized carbons (Fsp3) is 0.429. The number of aliphatic hydroxyl groups is 1. The van der Waals surface area contributed by atoms with Gasteiger partial charge in [0, 0.05) is 17.8 Å². The summed E-state index contributed by atoms with van der Waals surface area (Å²) in [6, 6.07) is 6.55. The van der Waals surface area contributed by atoms with Crippen LogP contribution in [0.4, 0.5) is 5.69 Å². The summed E-state index contributed by atoms with van der Waals surface area (Å²) in [5.41, 5.74) is 1.16. The average molecular weight is 277 g/mol. The molecule has 108 valence electrons. The fourth-order valence-electron chi connectivity index (χ4n) is 2.11. The maximum Gasteiger partial charge on any atom is 0.251 e. The molecule has 0 aliphatic carbocycles. The van der Waals surface area contributed by atoms with Crippen LogP contribution in [0.15, 0.2) is 24.3 Å². The minimum Gasteiger partial charge on any atom is -0.395 e. The summed E-state index contributed by atoms with van der Waals surface area (Å²) in [4.78, 5) is 23.5. The molecule has 0 saturated carbocycles. The third-order valence-corrected chi connectivity index (χ3v) is 3.19. The molecule has 1 saturated heterocycles. The Morgan fingerprint density at radius 2 is 2.05 bits per heavy atom. The Morgan fingerprint density at radius 1 is 1.30 bits per heavy atom. The molecular weight excluding hydrogens is 258 g/mol. The number of amides is 2. The van der Waals surface area contributed by atoms with Crippen molar-refractivity contribution in [2.75, 3.05) is 25.0 Å². The van der Waals surface area contributed by atoms with Gasteiger partial charge < -0.3 is 21.1 Å².